The van der Waals surface area contributed by atoms with Crippen molar-refractivity contribution in [3.63, 3.8) is 0 Å². The Hall–Kier alpha value is -2.25. The van der Waals surface area contributed by atoms with Crippen molar-refractivity contribution in [3.05, 3.63) is 59.2 Å². The maximum atomic E-state index is 13.4. The molecule has 186 valence electrons. The number of halogens is 3. The summed E-state index contributed by atoms with van der Waals surface area (Å²) >= 11 is 0. The van der Waals surface area contributed by atoms with Gasteiger partial charge in [-0.2, -0.15) is 13.2 Å². The molecular formula is C27H34F3NO3. The lowest BCUT2D eigenvalue weighted by atomic mass is 9.70. The van der Waals surface area contributed by atoms with Crippen LogP contribution in [0.15, 0.2) is 42.5 Å². The number of benzene rings is 2. The Bertz CT molecular complexity index is 935. The molecule has 0 spiro atoms. The van der Waals surface area contributed by atoms with Crippen LogP contribution in [0.25, 0.3) is 0 Å². The molecule has 0 saturated carbocycles. The van der Waals surface area contributed by atoms with Crippen LogP contribution in [0.2, 0.25) is 0 Å². The molecule has 0 N–H and O–H groups in total. The topological polar surface area (TPSA) is 30.9 Å². The van der Waals surface area contributed by atoms with Gasteiger partial charge < -0.3 is 19.1 Å². The fourth-order valence-electron chi connectivity index (χ4n) is 5.76. The first kappa shape index (κ1) is 24.9. The summed E-state index contributed by atoms with van der Waals surface area (Å²) in [6.07, 6.45) is -2.03. The number of methoxy groups -OCH3 is 3. The van der Waals surface area contributed by atoms with E-state index in [0.717, 1.165) is 54.1 Å². The summed E-state index contributed by atoms with van der Waals surface area (Å²) in [5.41, 5.74) is 4.12. The highest BCUT2D eigenvalue weighted by Crippen LogP contribution is 2.46. The zero-order valence-electron chi connectivity index (χ0n) is 20.1. The minimum atomic E-state index is -4.18. The first-order valence-corrected chi connectivity index (χ1v) is 12.0. The van der Waals surface area contributed by atoms with Crippen molar-refractivity contribution < 1.29 is 27.4 Å². The number of anilines is 1. The molecule has 4 nitrogen and oxygen atoms in total. The Balaban J connectivity index is 1.55. The molecule has 1 heterocycles. The quantitative estimate of drug-likeness (QED) is 0.446. The van der Waals surface area contributed by atoms with Gasteiger partial charge in [0.2, 0.25) is 0 Å². The Morgan fingerprint density at radius 1 is 0.941 bits per heavy atom. The van der Waals surface area contributed by atoms with Crippen molar-refractivity contribution in [3.8, 4) is 5.75 Å². The van der Waals surface area contributed by atoms with Gasteiger partial charge in [0.05, 0.1) is 7.11 Å². The summed E-state index contributed by atoms with van der Waals surface area (Å²) in [4.78, 5) is 2.33. The summed E-state index contributed by atoms with van der Waals surface area (Å²) < 4.78 is 56.5. The third-order valence-corrected chi connectivity index (χ3v) is 7.44. The van der Waals surface area contributed by atoms with Gasteiger partial charge in [0.15, 0.2) is 6.29 Å². The van der Waals surface area contributed by atoms with Crippen molar-refractivity contribution in [1.29, 1.82) is 0 Å². The Labute approximate surface area is 200 Å². The number of rotatable bonds is 7. The largest absolute Gasteiger partial charge is 0.497 e. The fraction of sp³-hybridized carbons (Fsp3) is 0.556. The molecule has 2 atom stereocenters. The van der Waals surface area contributed by atoms with Crippen LogP contribution in [0.3, 0.4) is 0 Å². The van der Waals surface area contributed by atoms with Crippen molar-refractivity contribution in [1.82, 2.24) is 0 Å². The van der Waals surface area contributed by atoms with Crippen LogP contribution in [-0.2, 0) is 15.9 Å². The number of piperidine rings is 1. The second-order valence-corrected chi connectivity index (χ2v) is 9.42. The average Bonchev–Trinajstić information content (AvgIpc) is 2.84. The first-order valence-electron chi connectivity index (χ1n) is 12.0. The van der Waals surface area contributed by atoms with Gasteiger partial charge in [0, 0.05) is 51.3 Å². The van der Waals surface area contributed by atoms with Crippen LogP contribution < -0.4 is 9.64 Å². The smallest absolute Gasteiger partial charge is 0.389 e. The third kappa shape index (κ3) is 5.52. The van der Waals surface area contributed by atoms with Gasteiger partial charge in [0.25, 0.3) is 0 Å². The molecule has 0 unspecified atom stereocenters. The van der Waals surface area contributed by atoms with Crippen molar-refractivity contribution in [2.45, 2.75) is 50.5 Å². The second-order valence-electron chi connectivity index (χ2n) is 9.42. The van der Waals surface area contributed by atoms with Gasteiger partial charge in [-0.3, -0.25) is 0 Å². The van der Waals surface area contributed by atoms with E-state index in [1.54, 1.807) is 21.3 Å². The Morgan fingerprint density at radius 3 is 2.21 bits per heavy atom. The third-order valence-electron chi connectivity index (χ3n) is 7.44. The molecular weight excluding hydrogens is 443 g/mol. The van der Waals surface area contributed by atoms with E-state index in [-0.39, 0.29) is 12.2 Å². The minimum Gasteiger partial charge on any atom is -0.497 e. The van der Waals surface area contributed by atoms with Crippen LogP contribution in [-0.4, -0.2) is 46.9 Å². The summed E-state index contributed by atoms with van der Waals surface area (Å²) in [6.45, 7) is 1.80. The first-order chi connectivity index (χ1) is 16.3. The molecule has 1 fully saturated rings. The normalized spacial score (nSPS) is 21.6. The number of alkyl halides is 3. The van der Waals surface area contributed by atoms with E-state index in [2.05, 4.69) is 17.0 Å². The predicted molar refractivity (Wildman–Crippen MR) is 127 cm³/mol. The van der Waals surface area contributed by atoms with Crippen LogP contribution >= 0.6 is 0 Å². The molecule has 2 aromatic carbocycles. The van der Waals surface area contributed by atoms with Gasteiger partial charge in [-0.1, -0.05) is 18.2 Å². The lowest BCUT2D eigenvalue weighted by Crippen LogP contribution is -2.39. The molecule has 1 aliphatic heterocycles. The van der Waals surface area contributed by atoms with Gasteiger partial charge in [0.1, 0.15) is 5.75 Å². The number of ether oxygens (including phenoxy) is 3. The molecule has 1 aliphatic carbocycles. The van der Waals surface area contributed by atoms with E-state index in [1.807, 2.05) is 30.3 Å². The molecule has 1 saturated heterocycles. The molecule has 34 heavy (non-hydrogen) atoms. The van der Waals surface area contributed by atoms with Gasteiger partial charge in [-0.05, 0) is 72.6 Å². The highest BCUT2D eigenvalue weighted by atomic mass is 19.4. The van der Waals surface area contributed by atoms with E-state index in [4.69, 9.17) is 14.2 Å². The maximum Gasteiger partial charge on any atom is 0.389 e. The highest BCUT2D eigenvalue weighted by Gasteiger charge is 2.39. The fourth-order valence-corrected chi connectivity index (χ4v) is 5.76. The van der Waals surface area contributed by atoms with Crippen molar-refractivity contribution in [2.75, 3.05) is 39.3 Å². The molecule has 2 aromatic rings. The molecule has 2 aliphatic rings. The van der Waals surface area contributed by atoms with E-state index in [9.17, 15) is 13.2 Å². The van der Waals surface area contributed by atoms with Crippen LogP contribution in [0.5, 0.6) is 5.75 Å². The standard InChI is InChI=1S/C27H34F3NO3/c1-32-23-10-11-24-20(16-23)4-5-21(17-27(28,29)30)25(24)18-6-8-22(9-7-18)31-14-12-19(13-15-31)26(33-2)34-3/h6-11,16,19,21,25-26H,4-5,12-15,17H2,1-3H3/t21-,25+/m0/s1. The molecule has 0 amide bonds. The molecule has 0 radical (unpaired) electrons. The van der Waals surface area contributed by atoms with E-state index >= 15 is 0 Å². The lowest BCUT2D eigenvalue weighted by Gasteiger charge is -2.37. The minimum absolute atomic E-state index is 0.180. The lowest BCUT2D eigenvalue weighted by molar-refractivity contribution is -0.146. The molecule has 0 bridgehead atoms. The Morgan fingerprint density at radius 2 is 1.62 bits per heavy atom. The van der Waals surface area contributed by atoms with Crippen LogP contribution in [0.4, 0.5) is 18.9 Å². The predicted octanol–water partition coefficient (Wildman–Crippen LogP) is 6.18. The molecule has 0 aromatic heterocycles. The maximum absolute atomic E-state index is 13.4. The zero-order chi connectivity index (χ0) is 24.3. The van der Waals surface area contributed by atoms with Crippen LogP contribution in [0.1, 0.15) is 48.3 Å². The van der Waals surface area contributed by atoms with Gasteiger partial charge >= 0.3 is 6.18 Å². The van der Waals surface area contributed by atoms with E-state index in [1.165, 1.54) is 0 Å². The number of fused-ring (bicyclic) bond motifs is 1. The Kier molecular flexibility index (Phi) is 7.73. The van der Waals surface area contributed by atoms with E-state index < -0.39 is 18.5 Å². The van der Waals surface area contributed by atoms with Gasteiger partial charge in [-0.15, -0.1) is 0 Å². The van der Waals surface area contributed by atoms with E-state index in [0.29, 0.717) is 18.8 Å². The average molecular weight is 478 g/mol. The highest BCUT2D eigenvalue weighted by molar-refractivity contribution is 5.51. The summed E-state index contributed by atoms with van der Waals surface area (Å²) in [7, 11) is 4.95. The molecule has 7 heteroatoms. The summed E-state index contributed by atoms with van der Waals surface area (Å²) in [5.74, 6) is 0.363. The summed E-state index contributed by atoms with van der Waals surface area (Å²) in [6, 6.07) is 13.9. The van der Waals surface area contributed by atoms with Crippen LogP contribution in [0, 0.1) is 11.8 Å². The molecule has 4 rings (SSSR count). The monoisotopic (exact) mass is 477 g/mol. The summed E-state index contributed by atoms with van der Waals surface area (Å²) in [5, 5.41) is 0. The van der Waals surface area contributed by atoms with Crippen molar-refractivity contribution in [2.24, 2.45) is 11.8 Å². The van der Waals surface area contributed by atoms with Crippen molar-refractivity contribution >= 4 is 5.69 Å². The number of hydrogen-bond donors (Lipinski definition) is 0. The SMILES string of the molecule is COc1ccc2c(c1)CC[C@@H](CC(F)(F)F)[C@H]2c1ccc(N2CCC(C(OC)OC)CC2)cc1. The second kappa shape index (κ2) is 10.6. The number of nitrogens with zero attached hydrogens (tertiary/aromatic N) is 1. The number of hydrogen-bond acceptors (Lipinski definition) is 4. The number of aryl methyl sites for hydroxylation is 1. The zero-order valence-corrected chi connectivity index (χ0v) is 20.1. The van der Waals surface area contributed by atoms with Gasteiger partial charge in [-0.25, -0.2) is 0 Å².